The number of hydrogen-bond donors (Lipinski definition) is 1. The van der Waals surface area contributed by atoms with E-state index in [2.05, 4.69) is 23.5 Å². The van der Waals surface area contributed by atoms with E-state index in [9.17, 15) is 4.39 Å². The lowest BCUT2D eigenvalue weighted by Crippen LogP contribution is -2.51. The van der Waals surface area contributed by atoms with Gasteiger partial charge in [-0.2, -0.15) is 0 Å². The molecule has 1 heterocycles. The van der Waals surface area contributed by atoms with E-state index in [0.29, 0.717) is 13.2 Å². The molecule has 0 saturated carbocycles. The van der Waals surface area contributed by atoms with Crippen LogP contribution in [0.2, 0.25) is 0 Å². The van der Waals surface area contributed by atoms with Gasteiger partial charge >= 0.3 is 0 Å². The molecule has 3 aromatic rings. The molecule has 0 fully saturated rings. The molecule has 4 nitrogen and oxygen atoms in total. The molecule has 0 spiro atoms. The van der Waals surface area contributed by atoms with Crippen molar-refractivity contribution in [1.29, 1.82) is 0 Å². The van der Waals surface area contributed by atoms with E-state index in [4.69, 9.17) is 14.2 Å². The molecule has 2 unspecified atom stereocenters. The molecular formula is C27H30FNO3. The highest BCUT2D eigenvalue weighted by molar-refractivity contribution is 5.53. The number of nitrogens with one attached hydrogen (secondary N) is 1. The number of halogens is 1. The van der Waals surface area contributed by atoms with Gasteiger partial charge < -0.3 is 19.5 Å². The Morgan fingerprint density at radius 3 is 2.41 bits per heavy atom. The average molecular weight is 436 g/mol. The van der Waals surface area contributed by atoms with Gasteiger partial charge in [-0.3, -0.25) is 0 Å². The maximum atomic E-state index is 13.3. The smallest absolute Gasteiger partial charge is 0.132 e. The highest BCUT2D eigenvalue weighted by Gasteiger charge is 2.45. The van der Waals surface area contributed by atoms with Gasteiger partial charge in [-0.1, -0.05) is 42.5 Å². The topological polar surface area (TPSA) is 39.7 Å². The summed E-state index contributed by atoms with van der Waals surface area (Å²) in [5, 5.41) is 3.48. The van der Waals surface area contributed by atoms with Gasteiger partial charge in [0.15, 0.2) is 0 Å². The zero-order chi connectivity index (χ0) is 22.6. The third-order valence-corrected chi connectivity index (χ3v) is 5.68. The largest absolute Gasteiger partial charge is 0.485 e. The monoisotopic (exact) mass is 435 g/mol. The van der Waals surface area contributed by atoms with Crippen LogP contribution in [0.25, 0.3) is 0 Å². The van der Waals surface area contributed by atoms with Crippen molar-refractivity contribution in [2.75, 3.05) is 11.9 Å². The molecule has 0 bridgehead atoms. The summed E-state index contributed by atoms with van der Waals surface area (Å²) < 4.78 is 32.1. The van der Waals surface area contributed by atoms with Crippen LogP contribution in [-0.4, -0.2) is 18.3 Å². The molecule has 4 rings (SSSR count). The van der Waals surface area contributed by atoms with Gasteiger partial charge in [-0.05, 0) is 62.2 Å². The fourth-order valence-electron chi connectivity index (χ4n) is 4.05. The van der Waals surface area contributed by atoms with Crippen molar-refractivity contribution >= 4 is 5.69 Å². The van der Waals surface area contributed by atoms with Crippen LogP contribution in [0.15, 0.2) is 72.8 Å². The van der Waals surface area contributed by atoms with E-state index in [0.717, 1.165) is 29.1 Å². The number of ether oxygens (including phenoxy) is 3. The number of anilines is 1. The molecule has 1 aliphatic heterocycles. The van der Waals surface area contributed by atoms with Gasteiger partial charge in [0.05, 0.1) is 6.61 Å². The molecule has 5 heteroatoms. The molecule has 3 aromatic carbocycles. The maximum absolute atomic E-state index is 13.3. The second kappa shape index (κ2) is 9.72. The van der Waals surface area contributed by atoms with E-state index >= 15 is 0 Å². The Morgan fingerprint density at radius 2 is 1.69 bits per heavy atom. The lowest BCUT2D eigenvalue weighted by Gasteiger charge is -2.44. The number of hydrogen-bond acceptors (Lipinski definition) is 4. The molecule has 1 aliphatic rings. The van der Waals surface area contributed by atoms with E-state index < -0.39 is 5.60 Å². The van der Waals surface area contributed by atoms with Crippen LogP contribution >= 0.6 is 0 Å². The average Bonchev–Trinajstić information content (AvgIpc) is 2.79. The van der Waals surface area contributed by atoms with E-state index in [1.165, 1.54) is 17.7 Å². The SMILES string of the molecule is CCOC1c2cc(NCc3ccccc3)ccc2OC(C)(C)C1OCc1ccc(F)cc1. The molecule has 32 heavy (non-hydrogen) atoms. The molecular weight excluding hydrogens is 405 g/mol. The van der Waals surface area contributed by atoms with Crippen LogP contribution in [0.3, 0.4) is 0 Å². The fourth-order valence-corrected chi connectivity index (χ4v) is 4.05. The number of fused-ring (bicyclic) bond motifs is 1. The molecule has 0 radical (unpaired) electrons. The van der Waals surface area contributed by atoms with Crippen molar-refractivity contribution in [3.8, 4) is 5.75 Å². The van der Waals surface area contributed by atoms with Crippen molar-refractivity contribution in [3.63, 3.8) is 0 Å². The Hall–Kier alpha value is -2.89. The highest BCUT2D eigenvalue weighted by Crippen LogP contribution is 2.44. The third kappa shape index (κ3) is 5.12. The first-order valence-corrected chi connectivity index (χ1v) is 11.0. The second-order valence-corrected chi connectivity index (χ2v) is 8.53. The first-order valence-electron chi connectivity index (χ1n) is 11.0. The minimum atomic E-state index is -0.591. The van der Waals surface area contributed by atoms with Crippen LogP contribution in [0, 0.1) is 5.82 Å². The minimum Gasteiger partial charge on any atom is -0.485 e. The Labute approximate surface area is 189 Å². The van der Waals surface area contributed by atoms with Crippen LogP contribution in [0.1, 0.15) is 43.6 Å². The first-order chi connectivity index (χ1) is 15.5. The summed E-state index contributed by atoms with van der Waals surface area (Å²) in [5.74, 6) is 0.548. The molecule has 0 aromatic heterocycles. The maximum Gasteiger partial charge on any atom is 0.132 e. The quantitative estimate of drug-likeness (QED) is 0.453. The van der Waals surface area contributed by atoms with Crippen LogP contribution < -0.4 is 10.1 Å². The standard InChI is InChI=1S/C27H30FNO3/c1-4-30-25-23-16-22(29-17-19-8-6-5-7-9-19)14-15-24(23)32-27(2,3)26(25)31-18-20-10-12-21(28)13-11-20/h5-16,25-26,29H,4,17-18H2,1-3H3. The van der Waals surface area contributed by atoms with Crippen LogP contribution in [0.4, 0.5) is 10.1 Å². The highest BCUT2D eigenvalue weighted by atomic mass is 19.1. The van der Waals surface area contributed by atoms with Gasteiger partial charge in [0.25, 0.3) is 0 Å². The normalized spacial score (nSPS) is 19.1. The second-order valence-electron chi connectivity index (χ2n) is 8.53. The van der Waals surface area contributed by atoms with Crippen molar-refractivity contribution in [3.05, 3.63) is 95.3 Å². The summed E-state index contributed by atoms with van der Waals surface area (Å²) in [6.07, 6.45) is -0.609. The molecule has 0 amide bonds. The summed E-state index contributed by atoms with van der Waals surface area (Å²) in [7, 11) is 0. The van der Waals surface area contributed by atoms with Crippen molar-refractivity contribution in [2.24, 2.45) is 0 Å². The Bertz CT molecular complexity index is 1020. The third-order valence-electron chi connectivity index (χ3n) is 5.68. The molecule has 0 saturated heterocycles. The summed E-state index contributed by atoms with van der Waals surface area (Å²) >= 11 is 0. The summed E-state index contributed by atoms with van der Waals surface area (Å²) in [6.45, 7) is 7.64. The Morgan fingerprint density at radius 1 is 0.938 bits per heavy atom. The fraction of sp³-hybridized carbons (Fsp3) is 0.333. The van der Waals surface area contributed by atoms with Crippen LogP contribution in [-0.2, 0) is 22.6 Å². The van der Waals surface area contributed by atoms with E-state index in [1.807, 2.05) is 51.1 Å². The molecule has 1 N–H and O–H groups in total. The van der Waals surface area contributed by atoms with Gasteiger partial charge in [-0.15, -0.1) is 0 Å². The van der Waals surface area contributed by atoms with Crippen LogP contribution in [0.5, 0.6) is 5.75 Å². The number of benzene rings is 3. The van der Waals surface area contributed by atoms with Crippen molar-refractivity contribution in [2.45, 2.75) is 51.7 Å². The molecule has 2 atom stereocenters. The van der Waals surface area contributed by atoms with E-state index in [1.54, 1.807) is 12.1 Å². The van der Waals surface area contributed by atoms with Gasteiger partial charge in [-0.25, -0.2) is 4.39 Å². The zero-order valence-electron chi connectivity index (χ0n) is 18.8. The minimum absolute atomic E-state index is 0.258. The summed E-state index contributed by atoms with van der Waals surface area (Å²) in [6, 6.07) is 22.8. The Kier molecular flexibility index (Phi) is 6.77. The lowest BCUT2D eigenvalue weighted by molar-refractivity contribution is -0.165. The summed E-state index contributed by atoms with van der Waals surface area (Å²) in [4.78, 5) is 0. The van der Waals surface area contributed by atoms with Gasteiger partial charge in [0, 0.05) is 24.4 Å². The molecule has 168 valence electrons. The van der Waals surface area contributed by atoms with Gasteiger partial charge in [0.1, 0.15) is 29.4 Å². The van der Waals surface area contributed by atoms with E-state index in [-0.39, 0.29) is 18.0 Å². The van der Waals surface area contributed by atoms with Crippen molar-refractivity contribution in [1.82, 2.24) is 0 Å². The predicted molar refractivity (Wildman–Crippen MR) is 124 cm³/mol. The molecule has 0 aliphatic carbocycles. The lowest BCUT2D eigenvalue weighted by atomic mass is 9.87. The van der Waals surface area contributed by atoms with Gasteiger partial charge in [0.2, 0.25) is 0 Å². The zero-order valence-corrected chi connectivity index (χ0v) is 18.8. The van der Waals surface area contributed by atoms with Crippen molar-refractivity contribution < 1.29 is 18.6 Å². The first kappa shape index (κ1) is 22.3. The Balaban J connectivity index is 1.56. The summed E-state index contributed by atoms with van der Waals surface area (Å²) in [5.41, 5.74) is 3.49. The predicted octanol–water partition coefficient (Wildman–Crippen LogP) is 6.27. The number of rotatable bonds is 8.